The van der Waals surface area contributed by atoms with E-state index in [2.05, 4.69) is 28.9 Å². The van der Waals surface area contributed by atoms with Crippen LogP contribution in [0.25, 0.3) is 0 Å². The van der Waals surface area contributed by atoms with Crippen molar-refractivity contribution in [1.29, 1.82) is 0 Å². The van der Waals surface area contributed by atoms with Crippen LogP contribution in [0.15, 0.2) is 12.2 Å². The van der Waals surface area contributed by atoms with Gasteiger partial charge in [0.2, 0.25) is 5.91 Å². The molecule has 0 spiro atoms. The van der Waals surface area contributed by atoms with Crippen LogP contribution >= 0.6 is 7.82 Å². The van der Waals surface area contributed by atoms with Crippen molar-refractivity contribution < 1.29 is 37.9 Å². The smallest absolute Gasteiger partial charge is 0.463 e. The molecule has 39 heavy (non-hydrogen) atoms. The molecule has 0 saturated heterocycles. The Kier molecular flexibility index (Phi) is 26.1. The van der Waals surface area contributed by atoms with Crippen molar-refractivity contribution in [2.45, 2.75) is 136 Å². The molecular formula is C29H56NO8P. The van der Waals surface area contributed by atoms with E-state index < -0.39 is 26.5 Å². The molecule has 3 N–H and O–H groups in total. The quantitative estimate of drug-likeness (QED) is 0.0402. The van der Waals surface area contributed by atoms with Gasteiger partial charge in [-0.05, 0) is 32.1 Å². The summed E-state index contributed by atoms with van der Waals surface area (Å²) < 4.78 is 26.1. The molecule has 9 nitrogen and oxygen atoms in total. The van der Waals surface area contributed by atoms with Gasteiger partial charge in [-0.3, -0.25) is 18.6 Å². The van der Waals surface area contributed by atoms with Crippen LogP contribution in [-0.2, 0) is 27.9 Å². The topological polar surface area (TPSA) is 131 Å². The average molecular weight is 578 g/mol. The molecule has 230 valence electrons. The lowest BCUT2D eigenvalue weighted by atomic mass is 10.1. The first-order chi connectivity index (χ1) is 18.8. The lowest BCUT2D eigenvalue weighted by molar-refractivity contribution is -0.147. The van der Waals surface area contributed by atoms with Crippen molar-refractivity contribution in [2.24, 2.45) is 0 Å². The first kappa shape index (κ1) is 37.8. The summed E-state index contributed by atoms with van der Waals surface area (Å²) in [5.74, 6) is -0.611. The number of nitrogens with one attached hydrogen (secondary N) is 1. The van der Waals surface area contributed by atoms with Gasteiger partial charge in [0.1, 0.15) is 12.7 Å². The van der Waals surface area contributed by atoms with Gasteiger partial charge in [0, 0.05) is 19.4 Å². The van der Waals surface area contributed by atoms with E-state index in [0.717, 1.165) is 19.3 Å². The van der Waals surface area contributed by atoms with Crippen molar-refractivity contribution in [1.82, 2.24) is 5.32 Å². The molecule has 0 aromatic heterocycles. The molecule has 0 bridgehead atoms. The van der Waals surface area contributed by atoms with E-state index in [1.807, 2.05) is 0 Å². The van der Waals surface area contributed by atoms with Gasteiger partial charge in [-0.25, -0.2) is 4.57 Å². The maximum atomic E-state index is 11.8. The van der Waals surface area contributed by atoms with Crippen molar-refractivity contribution in [3.63, 3.8) is 0 Å². The summed E-state index contributed by atoms with van der Waals surface area (Å²) in [6.45, 7) is 2.96. The Morgan fingerprint density at radius 2 is 1.33 bits per heavy atom. The standard InChI is InChI=1S/C29H56NO8P/c1-3-5-6-7-8-9-10-11-12-13-14-15-16-17-18-19-20-21-22-29(33)36-25-27(31)26-38-39(34,35)37-24-23-30-28(32)4-2/h12-13,27,31H,3-11,14-26H2,1-2H3,(H,30,32)(H,34,35)/b13-12-. The first-order valence-corrected chi connectivity index (χ1v) is 16.7. The lowest BCUT2D eigenvalue weighted by Gasteiger charge is -2.15. The number of aliphatic hydroxyl groups is 1. The van der Waals surface area contributed by atoms with Gasteiger partial charge in [0.25, 0.3) is 0 Å². The predicted molar refractivity (Wildman–Crippen MR) is 155 cm³/mol. The molecule has 0 aliphatic rings. The average Bonchev–Trinajstić information content (AvgIpc) is 2.92. The minimum atomic E-state index is -4.37. The summed E-state index contributed by atoms with van der Waals surface area (Å²) in [5, 5.41) is 12.3. The van der Waals surface area contributed by atoms with Crippen LogP contribution in [0.4, 0.5) is 0 Å². The third-order valence-corrected chi connectivity index (χ3v) is 7.24. The highest BCUT2D eigenvalue weighted by atomic mass is 31.2. The SMILES string of the molecule is CCCCCCCCC/C=C\CCCCCCCCCC(=O)OCC(O)COP(=O)(O)OCCNC(=O)CC. The predicted octanol–water partition coefficient (Wildman–Crippen LogP) is 6.76. The lowest BCUT2D eigenvalue weighted by Crippen LogP contribution is -2.26. The number of ether oxygens (including phenoxy) is 1. The number of amides is 1. The number of carbonyl (C=O) groups is 2. The summed E-state index contributed by atoms with van der Waals surface area (Å²) in [6.07, 6.45) is 23.6. The second-order valence-corrected chi connectivity index (χ2v) is 11.5. The van der Waals surface area contributed by atoms with E-state index in [1.54, 1.807) is 6.92 Å². The van der Waals surface area contributed by atoms with E-state index in [1.165, 1.54) is 83.5 Å². The van der Waals surface area contributed by atoms with Gasteiger partial charge in [-0.2, -0.15) is 0 Å². The van der Waals surface area contributed by atoms with Crippen LogP contribution in [0.2, 0.25) is 0 Å². The zero-order valence-corrected chi connectivity index (χ0v) is 25.5. The van der Waals surface area contributed by atoms with E-state index in [9.17, 15) is 24.2 Å². The van der Waals surface area contributed by atoms with Gasteiger partial charge in [-0.15, -0.1) is 0 Å². The Hall–Kier alpha value is -1.25. The summed E-state index contributed by atoms with van der Waals surface area (Å²) in [4.78, 5) is 32.5. The molecule has 0 aliphatic heterocycles. The van der Waals surface area contributed by atoms with Crippen molar-refractivity contribution in [3.05, 3.63) is 12.2 Å². The molecule has 0 aromatic carbocycles. The van der Waals surface area contributed by atoms with E-state index in [-0.39, 0.29) is 32.1 Å². The largest absolute Gasteiger partial charge is 0.472 e. The normalized spacial score (nSPS) is 13.8. The fraction of sp³-hybridized carbons (Fsp3) is 0.862. The number of rotatable bonds is 28. The Morgan fingerprint density at radius 1 is 0.795 bits per heavy atom. The van der Waals surface area contributed by atoms with Gasteiger partial charge < -0.3 is 20.1 Å². The van der Waals surface area contributed by atoms with Gasteiger partial charge >= 0.3 is 13.8 Å². The third kappa shape index (κ3) is 28.1. The summed E-state index contributed by atoms with van der Waals surface area (Å²) in [5.41, 5.74) is 0. The highest BCUT2D eigenvalue weighted by Crippen LogP contribution is 2.42. The van der Waals surface area contributed by atoms with E-state index in [4.69, 9.17) is 9.26 Å². The number of carbonyl (C=O) groups excluding carboxylic acids is 2. The van der Waals surface area contributed by atoms with Crippen LogP contribution in [0.3, 0.4) is 0 Å². The molecule has 0 heterocycles. The highest BCUT2D eigenvalue weighted by molar-refractivity contribution is 7.47. The number of esters is 1. The van der Waals surface area contributed by atoms with Crippen LogP contribution in [0.5, 0.6) is 0 Å². The number of hydrogen-bond acceptors (Lipinski definition) is 7. The molecule has 1 amide bonds. The maximum Gasteiger partial charge on any atom is 0.472 e. The Labute approximate surface area is 237 Å². The number of unbranched alkanes of at least 4 members (excludes halogenated alkanes) is 14. The van der Waals surface area contributed by atoms with Crippen molar-refractivity contribution >= 4 is 19.7 Å². The molecule has 0 rings (SSSR count). The molecule has 0 radical (unpaired) electrons. The number of phosphoric ester groups is 1. The van der Waals surface area contributed by atoms with Crippen molar-refractivity contribution in [2.75, 3.05) is 26.4 Å². The monoisotopic (exact) mass is 577 g/mol. The molecule has 0 fully saturated rings. The molecule has 0 aliphatic carbocycles. The number of hydrogen-bond donors (Lipinski definition) is 3. The van der Waals surface area contributed by atoms with E-state index >= 15 is 0 Å². The fourth-order valence-electron chi connectivity index (χ4n) is 3.87. The Bertz CT molecular complexity index is 674. The first-order valence-electron chi connectivity index (χ1n) is 15.2. The van der Waals surface area contributed by atoms with Gasteiger partial charge in [0.05, 0.1) is 13.2 Å². The zero-order valence-electron chi connectivity index (χ0n) is 24.6. The maximum absolute atomic E-state index is 11.8. The summed E-state index contributed by atoms with van der Waals surface area (Å²) in [7, 11) is -4.37. The molecule has 2 unspecified atom stereocenters. The number of allylic oxidation sites excluding steroid dienone is 2. The fourth-order valence-corrected chi connectivity index (χ4v) is 4.63. The second kappa shape index (κ2) is 26.9. The van der Waals surface area contributed by atoms with Crippen LogP contribution in [0, 0.1) is 0 Å². The van der Waals surface area contributed by atoms with Gasteiger partial charge in [0.15, 0.2) is 0 Å². The molecule has 0 saturated carbocycles. The highest BCUT2D eigenvalue weighted by Gasteiger charge is 2.23. The Balaban J connectivity index is 3.53. The Morgan fingerprint density at radius 3 is 1.90 bits per heavy atom. The van der Waals surface area contributed by atoms with Crippen LogP contribution in [0.1, 0.15) is 129 Å². The minimum absolute atomic E-state index is 0.0672. The summed E-state index contributed by atoms with van der Waals surface area (Å²) in [6, 6.07) is 0. The van der Waals surface area contributed by atoms with Crippen molar-refractivity contribution in [3.8, 4) is 0 Å². The molecule has 2 atom stereocenters. The molecule has 0 aromatic rings. The minimum Gasteiger partial charge on any atom is -0.463 e. The molecular weight excluding hydrogens is 521 g/mol. The van der Waals surface area contributed by atoms with Crippen LogP contribution < -0.4 is 5.32 Å². The second-order valence-electron chi connectivity index (χ2n) is 10.0. The summed E-state index contributed by atoms with van der Waals surface area (Å²) >= 11 is 0. The van der Waals surface area contributed by atoms with Gasteiger partial charge in [-0.1, -0.05) is 96.6 Å². The third-order valence-electron chi connectivity index (χ3n) is 6.26. The zero-order chi connectivity index (χ0) is 29.0. The van der Waals surface area contributed by atoms with E-state index in [0.29, 0.717) is 6.42 Å². The number of aliphatic hydroxyl groups excluding tert-OH is 1. The van der Waals surface area contributed by atoms with Crippen LogP contribution in [-0.4, -0.2) is 54.3 Å². The number of phosphoric acid groups is 1. The molecule has 10 heteroatoms.